The topological polar surface area (TPSA) is 80.5 Å². The minimum absolute atomic E-state index is 0.0291. The van der Waals surface area contributed by atoms with Gasteiger partial charge in [-0.3, -0.25) is 19.3 Å². The molecular weight excluding hydrogens is 320 g/mol. The number of rotatable bonds is 10. The van der Waals surface area contributed by atoms with Crippen molar-refractivity contribution >= 4 is 43.4 Å². The standard InChI is InChI=1S/C15H25N2O3S2/c1-11(2)14(16)15(20)17(12(9-18)10-22)13(19)7-5-3-4-6-8-21/h3-4,11-12,14,21-22H,5-8,10,16H2,1-2H3/t12-,14+/m0/s1. The second-order valence-corrected chi connectivity index (χ2v) is 6.02. The first kappa shape index (κ1) is 21.2. The van der Waals surface area contributed by atoms with Crippen LogP contribution in [-0.2, 0) is 14.4 Å². The minimum Gasteiger partial charge on any atom is -0.320 e. The zero-order valence-electron chi connectivity index (χ0n) is 13.1. The van der Waals surface area contributed by atoms with E-state index in [2.05, 4.69) is 25.3 Å². The highest BCUT2D eigenvalue weighted by atomic mass is 32.1. The van der Waals surface area contributed by atoms with Crippen molar-refractivity contribution in [3.05, 3.63) is 12.2 Å². The van der Waals surface area contributed by atoms with Gasteiger partial charge in [0.1, 0.15) is 6.04 Å². The van der Waals surface area contributed by atoms with Crippen molar-refractivity contribution in [3.8, 4) is 0 Å². The zero-order valence-corrected chi connectivity index (χ0v) is 14.9. The lowest BCUT2D eigenvalue weighted by Gasteiger charge is -2.28. The van der Waals surface area contributed by atoms with E-state index in [1.807, 2.05) is 12.2 Å². The third-order valence-corrected chi connectivity index (χ3v) is 3.72. The first-order chi connectivity index (χ1) is 10.4. The Morgan fingerprint density at radius 1 is 1.23 bits per heavy atom. The van der Waals surface area contributed by atoms with Crippen LogP contribution in [0.1, 0.15) is 33.1 Å². The monoisotopic (exact) mass is 345 g/mol. The fraction of sp³-hybridized carbons (Fsp3) is 0.667. The van der Waals surface area contributed by atoms with Gasteiger partial charge in [0.15, 0.2) is 0 Å². The van der Waals surface area contributed by atoms with Crippen LogP contribution in [0.5, 0.6) is 0 Å². The second kappa shape index (κ2) is 11.7. The Labute approximate surface area is 143 Å². The van der Waals surface area contributed by atoms with E-state index in [9.17, 15) is 14.4 Å². The normalized spacial score (nSPS) is 14.1. The Kier molecular flexibility index (Phi) is 11.3. The van der Waals surface area contributed by atoms with Gasteiger partial charge in [-0.05, 0) is 24.5 Å². The number of carbonyl (C=O) groups excluding carboxylic acids is 3. The van der Waals surface area contributed by atoms with Gasteiger partial charge in [-0.15, -0.1) is 0 Å². The maximum Gasteiger partial charge on any atom is 0.247 e. The maximum atomic E-state index is 12.4. The van der Waals surface area contributed by atoms with E-state index in [-0.39, 0.29) is 18.1 Å². The molecule has 0 aromatic heterocycles. The SMILES string of the molecule is CC(C)[C@@H](N)C(=O)N(C(=O)CCC=CCCS)[C@@H]([C]=O)CS. The number of carbonyl (C=O) groups is 2. The third-order valence-electron chi connectivity index (χ3n) is 3.12. The van der Waals surface area contributed by atoms with E-state index in [0.29, 0.717) is 6.42 Å². The van der Waals surface area contributed by atoms with Crippen molar-refractivity contribution in [2.45, 2.75) is 45.2 Å². The molecule has 2 amide bonds. The number of hydrogen-bond donors (Lipinski definition) is 3. The average Bonchev–Trinajstić information content (AvgIpc) is 2.50. The summed E-state index contributed by atoms with van der Waals surface area (Å²) in [6, 6.07) is -1.84. The van der Waals surface area contributed by atoms with Crippen molar-refractivity contribution < 1.29 is 14.4 Å². The van der Waals surface area contributed by atoms with E-state index in [4.69, 9.17) is 5.73 Å². The quantitative estimate of drug-likeness (QED) is 0.413. The second-order valence-electron chi connectivity index (χ2n) is 5.21. The third kappa shape index (κ3) is 6.98. The van der Waals surface area contributed by atoms with E-state index in [1.165, 1.54) is 0 Å². The largest absolute Gasteiger partial charge is 0.320 e. The molecule has 1 radical (unpaired) electrons. The Bertz CT molecular complexity index is 400. The van der Waals surface area contributed by atoms with Crippen LogP contribution in [0.25, 0.3) is 0 Å². The summed E-state index contributed by atoms with van der Waals surface area (Å²) >= 11 is 8.09. The molecule has 5 nitrogen and oxygen atoms in total. The molecule has 0 unspecified atom stereocenters. The van der Waals surface area contributed by atoms with Crippen molar-refractivity contribution in [1.82, 2.24) is 4.90 Å². The number of thiol groups is 2. The van der Waals surface area contributed by atoms with Crippen molar-refractivity contribution in [2.75, 3.05) is 11.5 Å². The molecule has 0 aliphatic carbocycles. The average molecular weight is 346 g/mol. The van der Waals surface area contributed by atoms with Crippen molar-refractivity contribution in [1.29, 1.82) is 0 Å². The molecule has 22 heavy (non-hydrogen) atoms. The summed E-state index contributed by atoms with van der Waals surface area (Å²) in [7, 11) is 0. The molecule has 125 valence electrons. The first-order valence-corrected chi connectivity index (χ1v) is 8.53. The van der Waals surface area contributed by atoms with Gasteiger partial charge in [-0.1, -0.05) is 26.0 Å². The Morgan fingerprint density at radius 3 is 2.27 bits per heavy atom. The van der Waals surface area contributed by atoms with E-state index in [1.54, 1.807) is 20.1 Å². The van der Waals surface area contributed by atoms with Crippen LogP contribution in [0, 0.1) is 5.92 Å². The Balaban J connectivity index is 4.96. The zero-order chi connectivity index (χ0) is 17.1. The first-order valence-electron chi connectivity index (χ1n) is 7.26. The van der Waals surface area contributed by atoms with Gasteiger partial charge in [0.2, 0.25) is 18.1 Å². The molecule has 0 aliphatic heterocycles. The molecule has 0 bridgehead atoms. The van der Waals surface area contributed by atoms with Crippen LogP contribution in [0.4, 0.5) is 0 Å². The fourth-order valence-corrected chi connectivity index (χ4v) is 2.09. The molecule has 0 aromatic rings. The van der Waals surface area contributed by atoms with Crippen LogP contribution in [0.3, 0.4) is 0 Å². The summed E-state index contributed by atoms with van der Waals surface area (Å²) in [5.41, 5.74) is 5.82. The predicted molar refractivity (Wildman–Crippen MR) is 94.8 cm³/mol. The smallest absolute Gasteiger partial charge is 0.247 e. The number of nitrogens with two attached hydrogens (primary N) is 1. The molecule has 0 aromatic carbocycles. The molecule has 2 atom stereocenters. The van der Waals surface area contributed by atoms with Gasteiger partial charge in [0, 0.05) is 12.2 Å². The summed E-state index contributed by atoms with van der Waals surface area (Å²) in [5, 5.41) is 0. The molecular formula is C15H25N2O3S2. The highest BCUT2D eigenvalue weighted by molar-refractivity contribution is 7.80. The fourth-order valence-electron chi connectivity index (χ4n) is 1.71. The molecule has 0 spiro atoms. The predicted octanol–water partition coefficient (Wildman–Crippen LogP) is 1.39. The summed E-state index contributed by atoms with van der Waals surface area (Å²) < 4.78 is 0. The lowest BCUT2D eigenvalue weighted by Crippen LogP contribution is -2.54. The molecule has 7 heteroatoms. The van der Waals surface area contributed by atoms with Gasteiger partial charge in [-0.2, -0.15) is 25.3 Å². The summed E-state index contributed by atoms with van der Waals surface area (Å²) in [4.78, 5) is 36.6. The van der Waals surface area contributed by atoms with Crippen molar-refractivity contribution in [2.24, 2.45) is 11.7 Å². The van der Waals surface area contributed by atoms with E-state index in [0.717, 1.165) is 17.1 Å². The van der Waals surface area contributed by atoms with Gasteiger partial charge in [0.25, 0.3) is 0 Å². The van der Waals surface area contributed by atoms with Gasteiger partial charge >= 0.3 is 0 Å². The highest BCUT2D eigenvalue weighted by Gasteiger charge is 2.33. The molecule has 2 N–H and O–H groups in total. The summed E-state index contributed by atoms with van der Waals surface area (Å²) in [5.74, 6) is -0.354. The number of imide groups is 1. The number of hydrogen-bond acceptors (Lipinski definition) is 6. The number of amides is 2. The summed E-state index contributed by atoms with van der Waals surface area (Å²) in [6.07, 6.45) is 6.92. The molecule has 0 aliphatic rings. The maximum absolute atomic E-state index is 12.4. The highest BCUT2D eigenvalue weighted by Crippen LogP contribution is 2.11. The van der Waals surface area contributed by atoms with Gasteiger partial charge in [0.05, 0.1) is 6.04 Å². The molecule has 0 heterocycles. The lowest BCUT2D eigenvalue weighted by molar-refractivity contribution is -0.147. The van der Waals surface area contributed by atoms with E-state index >= 15 is 0 Å². The molecule has 0 fully saturated rings. The van der Waals surface area contributed by atoms with Crippen LogP contribution in [0.15, 0.2) is 12.2 Å². The lowest BCUT2D eigenvalue weighted by atomic mass is 10.0. The minimum atomic E-state index is -1.01. The van der Waals surface area contributed by atoms with Crippen LogP contribution < -0.4 is 5.73 Å². The van der Waals surface area contributed by atoms with Gasteiger partial charge < -0.3 is 5.73 Å². The van der Waals surface area contributed by atoms with Gasteiger partial charge in [-0.25, -0.2) is 0 Å². The van der Waals surface area contributed by atoms with Crippen molar-refractivity contribution in [3.63, 3.8) is 0 Å². The number of allylic oxidation sites excluding steroid dienone is 2. The molecule has 0 rings (SSSR count). The van der Waals surface area contributed by atoms with Crippen LogP contribution >= 0.6 is 25.3 Å². The Morgan fingerprint density at radius 2 is 1.82 bits per heavy atom. The Hall–Kier alpha value is -0.790. The summed E-state index contributed by atoms with van der Waals surface area (Å²) in [6.45, 7) is 3.57. The van der Waals surface area contributed by atoms with Crippen LogP contribution in [0.2, 0.25) is 0 Å². The van der Waals surface area contributed by atoms with Crippen LogP contribution in [-0.4, -0.2) is 46.6 Å². The molecule has 0 saturated heterocycles. The molecule has 0 saturated carbocycles. The van der Waals surface area contributed by atoms with E-state index < -0.39 is 23.9 Å². The number of nitrogens with zero attached hydrogens (tertiary/aromatic N) is 1.